The van der Waals surface area contributed by atoms with Crippen LogP contribution >= 0.6 is 0 Å². The third-order valence-corrected chi connectivity index (χ3v) is 4.74. The number of rotatable bonds is 6. The molecule has 1 saturated carbocycles. The van der Waals surface area contributed by atoms with E-state index < -0.39 is 0 Å². The fraction of sp³-hybridized carbons (Fsp3) is 0.750. The first-order valence-electron chi connectivity index (χ1n) is 8.18. The third-order valence-electron chi connectivity index (χ3n) is 4.74. The molecule has 1 unspecified atom stereocenters. The lowest BCUT2D eigenvalue weighted by Gasteiger charge is -2.24. The molecule has 22 heavy (non-hydrogen) atoms. The van der Waals surface area contributed by atoms with Crippen molar-refractivity contribution < 1.29 is 9.53 Å². The van der Waals surface area contributed by atoms with E-state index in [1.54, 1.807) is 11.8 Å². The van der Waals surface area contributed by atoms with Gasteiger partial charge in [0.25, 0.3) is 0 Å². The van der Waals surface area contributed by atoms with Crippen molar-refractivity contribution in [3.63, 3.8) is 0 Å². The predicted molar refractivity (Wildman–Crippen MR) is 83.8 cm³/mol. The van der Waals surface area contributed by atoms with Crippen molar-refractivity contribution in [1.82, 2.24) is 20.0 Å². The maximum absolute atomic E-state index is 12.1. The van der Waals surface area contributed by atoms with Gasteiger partial charge in [0.15, 0.2) is 0 Å². The first-order valence-corrected chi connectivity index (χ1v) is 8.18. The number of amides is 1. The average molecular weight is 306 g/mol. The van der Waals surface area contributed by atoms with Crippen LogP contribution in [0.1, 0.15) is 43.0 Å². The molecule has 1 amide bonds. The SMILES string of the molecule is COc1c(C2CCCN2CC(=O)NCC2CC2)c(C)nn1C. The second kappa shape index (κ2) is 6.28. The number of nitrogens with zero attached hydrogens (tertiary/aromatic N) is 3. The summed E-state index contributed by atoms with van der Waals surface area (Å²) in [6.45, 7) is 4.28. The van der Waals surface area contributed by atoms with Gasteiger partial charge in [-0.05, 0) is 45.1 Å². The summed E-state index contributed by atoms with van der Waals surface area (Å²) < 4.78 is 7.31. The minimum atomic E-state index is 0.138. The van der Waals surface area contributed by atoms with Gasteiger partial charge in [0.05, 0.1) is 24.9 Å². The Kier molecular flexibility index (Phi) is 4.38. The average Bonchev–Trinajstić information content (AvgIpc) is 3.14. The van der Waals surface area contributed by atoms with Gasteiger partial charge in [0.1, 0.15) is 0 Å². The molecular weight excluding hydrogens is 280 g/mol. The summed E-state index contributed by atoms with van der Waals surface area (Å²) in [6, 6.07) is 0.232. The zero-order valence-electron chi connectivity index (χ0n) is 13.8. The standard InChI is InChI=1S/C16H26N4O2/c1-11-15(16(22-3)19(2)18-11)13-5-4-8-20(13)10-14(21)17-9-12-6-7-12/h12-13H,4-10H2,1-3H3,(H,17,21). The molecule has 1 aliphatic carbocycles. The molecule has 2 aliphatic rings. The van der Waals surface area contributed by atoms with Gasteiger partial charge in [-0.25, -0.2) is 4.68 Å². The van der Waals surface area contributed by atoms with Gasteiger partial charge in [-0.15, -0.1) is 0 Å². The quantitative estimate of drug-likeness (QED) is 0.863. The summed E-state index contributed by atoms with van der Waals surface area (Å²) in [5.74, 6) is 1.67. The summed E-state index contributed by atoms with van der Waals surface area (Å²) in [6.07, 6.45) is 4.69. The van der Waals surface area contributed by atoms with E-state index in [9.17, 15) is 4.79 Å². The molecule has 2 fully saturated rings. The zero-order valence-corrected chi connectivity index (χ0v) is 13.8. The fourth-order valence-corrected chi connectivity index (χ4v) is 3.44. The van der Waals surface area contributed by atoms with Gasteiger partial charge in [0.2, 0.25) is 11.8 Å². The van der Waals surface area contributed by atoms with Crippen molar-refractivity contribution in [3.8, 4) is 5.88 Å². The lowest BCUT2D eigenvalue weighted by molar-refractivity contribution is -0.122. The second-order valence-corrected chi connectivity index (χ2v) is 6.51. The van der Waals surface area contributed by atoms with Crippen molar-refractivity contribution in [2.45, 2.75) is 38.6 Å². The van der Waals surface area contributed by atoms with Crippen molar-refractivity contribution in [2.24, 2.45) is 13.0 Å². The monoisotopic (exact) mass is 306 g/mol. The van der Waals surface area contributed by atoms with Crippen molar-refractivity contribution in [3.05, 3.63) is 11.3 Å². The van der Waals surface area contributed by atoms with Gasteiger partial charge in [-0.3, -0.25) is 9.69 Å². The highest BCUT2D eigenvalue weighted by Gasteiger charge is 2.33. The largest absolute Gasteiger partial charge is 0.481 e. The van der Waals surface area contributed by atoms with E-state index in [1.807, 2.05) is 14.0 Å². The number of carbonyl (C=O) groups is 1. The third kappa shape index (κ3) is 3.11. The van der Waals surface area contributed by atoms with E-state index in [1.165, 1.54) is 12.8 Å². The molecule has 6 nitrogen and oxygen atoms in total. The van der Waals surface area contributed by atoms with Gasteiger partial charge in [0, 0.05) is 19.6 Å². The number of nitrogens with one attached hydrogen (secondary N) is 1. The molecule has 0 aromatic carbocycles. The number of hydrogen-bond acceptors (Lipinski definition) is 4. The molecule has 1 aromatic rings. The smallest absolute Gasteiger partial charge is 0.234 e. The van der Waals surface area contributed by atoms with Crippen molar-refractivity contribution >= 4 is 5.91 Å². The minimum absolute atomic E-state index is 0.138. The summed E-state index contributed by atoms with van der Waals surface area (Å²) in [7, 11) is 3.58. The first kappa shape index (κ1) is 15.3. The Labute approximate surface area is 131 Å². The Balaban J connectivity index is 1.68. The lowest BCUT2D eigenvalue weighted by Crippen LogP contribution is -2.37. The Morgan fingerprint density at radius 2 is 2.18 bits per heavy atom. The van der Waals surface area contributed by atoms with Crippen molar-refractivity contribution in [2.75, 3.05) is 26.7 Å². The molecule has 0 spiro atoms. The Bertz CT molecular complexity index is 551. The number of likely N-dealkylation sites (tertiary alicyclic amines) is 1. The Hall–Kier alpha value is -1.56. The summed E-state index contributed by atoms with van der Waals surface area (Å²) in [5, 5.41) is 7.53. The molecule has 122 valence electrons. The molecule has 6 heteroatoms. The van der Waals surface area contributed by atoms with Gasteiger partial charge in [-0.2, -0.15) is 5.10 Å². The summed E-state index contributed by atoms with van der Waals surface area (Å²) >= 11 is 0. The molecule has 1 aliphatic heterocycles. The topological polar surface area (TPSA) is 59.4 Å². The van der Waals surface area contributed by atoms with Gasteiger partial charge >= 0.3 is 0 Å². The van der Waals surface area contributed by atoms with E-state index in [4.69, 9.17) is 4.74 Å². The molecule has 2 heterocycles. The van der Waals surface area contributed by atoms with Gasteiger partial charge < -0.3 is 10.1 Å². The zero-order chi connectivity index (χ0) is 15.7. The maximum Gasteiger partial charge on any atom is 0.234 e. The van der Waals surface area contributed by atoms with Crippen molar-refractivity contribution in [1.29, 1.82) is 0 Å². The molecule has 1 atom stereocenters. The Morgan fingerprint density at radius 1 is 1.41 bits per heavy atom. The maximum atomic E-state index is 12.1. The van der Waals surface area contributed by atoms with E-state index in [0.29, 0.717) is 6.54 Å². The van der Waals surface area contributed by atoms with Crippen LogP contribution < -0.4 is 10.1 Å². The normalized spacial score (nSPS) is 22.0. The minimum Gasteiger partial charge on any atom is -0.481 e. The van der Waals surface area contributed by atoms with Crippen LogP contribution in [0.5, 0.6) is 5.88 Å². The highest BCUT2D eigenvalue weighted by Crippen LogP contribution is 2.38. The number of aromatic nitrogens is 2. The number of carbonyl (C=O) groups excluding carboxylic acids is 1. The van der Waals surface area contributed by atoms with E-state index in [0.717, 1.165) is 49.0 Å². The van der Waals surface area contributed by atoms with Crippen LogP contribution in [-0.4, -0.2) is 47.3 Å². The van der Waals surface area contributed by atoms with Crippen LogP contribution in [0.4, 0.5) is 0 Å². The molecule has 1 aromatic heterocycles. The van der Waals surface area contributed by atoms with E-state index >= 15 is 0 Å². The molecular formula is C16H26N4O2. The van der Waals surface area contributed by atoms with Crippen LogP contribution in [-0.2, 0) is 11.8 Å². The molecule has 0 radical (unpaired) electrons. The highest BCUT2D eigenvalue weighted by atomic mass is 16.5. The molecule has 1 N–H and O–H groups in total. The van der Waals surface area contributed by atoms with Crippen LogP contribution in [0.25, 0.3) is 0 Å². The van der Waals surface area contributed by atoms with Crippen LogP contribution in [0.2, 0.25) is 0 Å². The lowest BCUT2D eigenvalue weighted by atomic mass is 10.1. The summed E-state index contributed by atoms with van der Waals surface area (Å²) in [5.41, 5.74) is 2.13. The Morgan fingerprint density at radius 3 is 2.86 bits per heavy atom. The predicted octanol–water partition coefficient (Wildman–Crippen LogP) is 1.40. The number of aryl methyl sites for hydroxylation is 2. The highest BCUT2D eigenvalue weighted by molar-refractivity contribution is 5.78. The fourth-order valence-electron chi connectivity index (χ4n) is 3.44. The molecule has 1 saturated heterocycles. The first-order chi connectivity index (χ1) is 10.6. The van der Waals surface area contributed by atoms with Crippen LogP contribution in [0.3, 0.4) is 0 Å². The van der Waals surface area contributed by atoms with E-state index in [2.05, 4.69) is 15.3 Å². The summed E-state index contributed by atoms with van der Waals surface area (Å²) in [4.78, 5) is 14.4. The van der Waals surface area contributed by atoms with Crippen LogP contribution in [0, 0.1) is 12.8 Å². The van der Waals surface area contributed by atoms with Crippen LogP contribution in [0.15, 0.2) is 0 Å². The number of hydrogen-bond donors (Lipinski definition) is 1. The number of methoxy groups -OCH3 is 1. The second-order valence-electron chi connectivity index (χ2n) is 6.51. The molecule has 0 bridgehead atoms. The molecule has 3 rings (SSSR count). The number of ether oxygens (including phenoxy) is 1. The van der Waals surface area contributed by atoms with E-state index in [-0.39, 0.29) is 11.9 Å². The van der Waals surface area contributed by atoms with Gasteiger partial charge in [-0.1, -0.05) is 0 Å².